The van der Waals surface area contributed by atoms with Crippen molar-refractivity contribution in [2.24, 2.45) is 11.7 Å². The highest BCUT2D eigenvalue weighted by atomic mass is 16.2. The first-order chi connectivity index (χ1) is 9.15. The average molecular weight is 268 g/mol. The van der Waals surface area contributed by atoms with E-state index in [0.29, 0.717) is 19.0 Å². The first kappa shape index (κ1) is 14.3. The van der Waals surface area contributed by atoms with Crippen LogP contribution in [0, 0.1) is 5.92 Å². The van der Waals surface area contributed by atoms with E-state index in [1.165, 1.54) is 0 Å². The largest absolute Gasteiger partial charge is 0.369 e. The Labute approximate surface area is 114 Å². The molecule has 2 aliphatic heterocycles. The van der Waals surface area contributed by atoms with Crippen LogP contribution in [0.3, 0.4) is 0 Å². The summed E-state index contributed by atoms with van der Waals surface area (Å²) in [5.74, 6) is 0.266. The van der Waals surface area contributed by atoms with Gasteiger partial charge in [0.2, 0.25) is 11.8 Å². The van der Waals surface area contributed by atoms with Gasteiger partial charge in [-0.15, -0.1) is 0 Å². The molecule has 2 aliphatic rings. The van der Waals surface area contributed by atoms with Gasteiger partial charge in [0.1, 0.15) is 0 Å². The minimum absolute atomic E-state index is 0.00897. The quantitative estimate of drug-likeness (QED) is 0.600. The summed E-state index contributed by atoms with van der Waals surface area (Å²) < 4.78 is 0. The molecule has 0 bridgehead atoms. The van der Waals surface area contributed by atoms with E-state index >= 15 is 0 Å². The number of amides is 2. The average Bonchev–Trinajstić information content (AvgIpc) is 2.89. The number of nitrogens with two attached hydrogens (primary N) is 1. The molecule has 0 saturated carbocycles. The number of carbonyl (C=O) groups excluding carboxylic acids is 2. The van der Waals surface area contributed by atoms with E-state index in [-0.39, 0.29) is 17.9 Å². The first-order valence-corrected chi connectivity index (χ1v) is 7.17. The van der Waals surface area contributed by atoms with Gasteiger partial charge in [-0.25, -0.2) is 0 Å². The maximum Gasteiger partial charge on any atom is 0.237 e. The lowest BCUT2D eigenvalue weighted by molar-refractivity contribution is -0.123. The zero-order valence-corrected chi connectivity index (χ0v) is 11.4. The Balaban J connectivity index is 1.70. The van der Waals surface area contributed by atoms with E-state index in [9.17, 15) is 9.59 Å². The van der Waals surface area contributed by atoms with Crippen LogP contribution in [-0.4, -0.2) is 55.5 Å². The lowest BCUT2D eigenvalue weighted by Crippen LogP contribution is -2.46. The normalized spacial score (nSPS) is 28.2. The number of likely N-dealkylation sites (tertiary alicyclic amines) is 1. The highest BCUT2D eigenvalue weighted by Crippen LogP contribution is 2.15. The summed E-state index contributed by atoms with van der Waals surface area (Å²) in [5.41, 5.74) is 5.22. The van der Waals surface area contributed by atoms with E-state index in [1.807, 2.05) is 0 Å². The van der Waals surface area contributed by atoms with Crippen LogP contribution in [0.2, 0.25) is 0 Å². The smallest absolute Gasteiger partial charge is 0.237 e. The summed E-state index contributed by atoms with van der Waals surface area (Å²) in [7, 11) is 0. The topological polar surface area (TPSA) is 87.5 Å². The fourth-order valence-electron chi connectivity index (χ4n) is 2.96. The van der Waals surface area contributed by atoms with Crippen LogP contribution < -0.4 is 16.4 Å². The molecule has 6 nitrogen and oxygen atoms in total. The fraction of sp³-hybridized carbons (Fsp3) is 0.846. The number of nitrogens with one attached hydrogen (secondary N) is 2. The van der Waals surface area contributed by atoms with E-state index < -0.39 is 0 Å². The summed E-state index contributed by atoms with van der Waals surface area (Å²) in [6.07, 6.45) is 4.18. The van der Waals surface area contributed by atoms with Gasteiger partial charge in [0.15, 0.2) is 0 Å². The highest BCUT2D eigenvalue weighted by molar-refractivity contribution is 5.82. The molecule has 108 valence electrons. The van der Waals surface area contributed by atoms with Gasteiger partial charge in [-0.2, -0.15) is 0 Å². The van der Waals surface area contributed by atoms with Gasteiger partial charge in [0.05, 0.1) is 12.6 Å². The third kappa shape index (κ3) is 4.47. The first-order valence-electron chi connectivity index (χ1n) is 7.17. The SMILES string of the molecule is NC(=O)CN1CCCC(CNC(=O)C2CCCN2)C1. The predicted molar refractivity (Wildman–Crippen MR) is 72.4 cm³/mol. The molecule has 0 aromatic rings. The van der Waals surface area contributed by atoms with Crippen molar-refractivity contribution in [2.45, 2.75) is 31.7 Å². The maximum absolute atomic E-state index is 11.9. The van der Waals surface area contributed by atoms with Crippen molar-refractivity contribution in [3.05, 3.63) is 0 Å². The number of hydrogen-bond donors (Lipinski definition) is 3. The minimum Gasteiger partial charge on any atom is -0.369 e. The number of hydrogen-bond acceptors (Lipinski definition) is 4. The Kier molecular flexibility index (Phi) is 5.15. The van der Waals surface area contributed by atoms with Gasteiger partial charge in [-0.05, 0) is 44.7 Å². The fourth-order valence-corrected chi connectivity index (χ4v) is 2.96. The molecule has 0 aromatic carbocycles. The molecule has 2 amide bonds. The van der Waals surface area contributed by atoms with Crippen LogP contribution in [0.5, 0.6) is 0 Å². The molecular weight excluding hydrogens is 244 g/mol. The Bertz CT molecular complexity index is 329. The maximum atomic E-state index is 11.9. The van der Waals surface area contributed by atoms with Crippen LogP contribution >= 0.6 is 0 Å². The lowest BCUT2D eigenvalue weighted by Gasteiger charge is -2.32. The van der Waals surface area contributed by atoms with Crippen molar-refractivity contribution in [1.29, 1.82) is 0 Å². The summed E-state index contributed by atoms with van der Waals surface area (Å²) in [6.45, 7) is 3.74. The Hall–Kier alpha value is -1.14. The van der Waals surface area contributed by atoms with Crippen LogP contribution in [0.15, 0.2) is 0 Å². The van der Waals surface area contributed by atoms with Gasteiger partial charge < -0.3 is 16.4 Å². The van der Waals surface area contributed by atoms with Gasteiger partial charge >= 0.3 is 0 Å². The summed E-state index contributed by atoms with van der Waals surface area (Å²) >= 11 is 0. The molecule has 19 heavy (non-hydrogen) atoms. The third-order valence-electron chi connectivity index (χ3n) is 3.92. The number of carbonyl (C=O) groups is 2. The molecule has 0 radical (unpaired) electrons. The molecule has 2 fully saturated rings. The molecule has 0 aromatic heterocycles. The van der Waals surface area contributed by atoms with Gasteiger partial charge in [-0.1, -0.05) is 0 Å². The van der Waals surface area contributed by atoms with Crippen LogP contribution in [0.4, 0.5) is 0 Å². The number of rotatable bonds is 5. The second kappa shape index (κ2) is 6.86. The van der Waals surface area contributed by atoms with Crippen molar-refractivity contribution < 1.29 is 9.59 Å². The van der Waals surface area contributed by atoms with E-state index in [0.717, 1.165) is 45.3 Å². The number of primary amides is 1. The predicted octanol–water partition coefficient (Wildman–Crippen LogP) is -0.948. The Morgan fingerprint density at radius 1 is 1.32 bits per heavy atom. The highest BCUT2D eigenvalue weighted by Gasteiger charge is 2.24. The second-order valence-corrected chi connectivity index (χ2v) is 5.60. The molecule has 0 aliphatic carbocycles. The van der Waals surface area contributed by atoms with Gasteiger partial charge in [-0.3, -0.25) is 14.5 Å². The van der Waals surface area contributed by atoms with Crippen LogP contribution in [0.25, 0.3) is 0 Å². The Morgan fingerprint density at radius 3 is 2.84 bits per heavy atom. The Morgan fingerprint density at radius 2 is 2.16 bits per heavy atom. The third-order valence-corrected chi connectivity index (χ3v) is 3.92. The van der Waals surface area contributed by atoms with Crippen molar-refractivity contribution >= 4 is 11.8 Å². The summed E-state index contributed by atoms with van der Waals surface area (Å²) in [6, 6.07) is -0.00897. The van der Waals surface area contributed by atoms with E-state index in [4.69, 9.17) is 5.73 Å². The van der Waals surface area contributed by atoms with E-state index in [1.54, 1.807) is 0 Å². The molecular formula is C13H24N4O2. The molecule has 2 heterocycles. The van der Waals surface area contributed by atoms with E-state index in [2.05, 4.69) is 15.5 Å². The van der Waals surface area contributed by atoms with Crippen molar-refractivity contribution in [2.75, 3.05) is 32.7 Å². The van der Waals surface area contributed by atoms with Crippen LogP contribution in [-0.2, 0) is 9.59 Å². The second-order valence-electron chi connectivity index (χ2n) is 5.60. The molecule has 2 atom stereocenters. The van der Waals surface area contributed by atoms with Crippen molar-refractivity contribution in [3.63, 3.8) is 0 Å². The number of piperidine rings is 1. The minimum atomic E-state index is -0.278. The van der Waals surface area contributed by atoms with Gasteiger partial charge in [0, 0.05) is 13.1 Å². The lowest BCUT2D eigenvalue weighted by atomic mass is 9.98. The molecule has 4 N–H and O–H groups in total. The molecule has 2 unspecified atom stereocenters. The monoisotopic (exact) mass is 268 g/mol. The van der Waals surface area contributed by atoms with Crippen LogP contribution in [0.1, 0.15) is 25.7 Å². The number of nitrogens with zero attached hydrogens (tertiary/aromatic N) is 1. The molecule has 6 heteroatoms. The summed E-state index contributed by atoms with van der Waals surface area (Å²) in [4.78, 5) is 24.9. The van der Waals surface area contributed by atoms with Gasteiger partial charge in [0.25, 0.3) is 0 Å². The zero-order chi connectivity index (χ0) is 13.7. The molecule has 2 saturated heterocycles. The van der Waals surface area contributed by atoms with Crippen molar-refractivity contribution in [3.8, 4) is 0 Å². The van der Waals surface area contributed by atoms with Crippen molar-refractivity contribution in [1.82, 2.24) is 15.5 Å². The standard InChI is InChI=1S/C13H24N4O2/c14-12(18)9-17-6-2-3-10(8-17)7-16-13(19)11-4-1-5-15-11/h10-11,15H,1-9H2,(H2,14,18)(H,16,19). The molecule has 2 rings (SSSR count). The molecule has 0 spiro atoms. The zero-order valence-electron chi connectivity index (χ0n) is 11.4. The summed E-state index contributed by atoms with van der Waals surface area (Å²) in [5, 5.41) is 6.22.